The van der Waals surface area contributed by atoms with E-state index in [4.69, 9.17) is 4.74 Å². The van der Waals surface area contributed by atoms with Crippen molar-refractivity contribution in [3.8, 4) is 5.75 Å². The number of para-hydroxylation sites is 1. The van der Waals surface area contributed by atoms with Gasteiger partial charge in [0.25, 0.3) is 0 Å². The van der Waals surface area contributed by atoms with E-state index >= 15 is 0 Å². The zero-order valence-corrected chi connectivity index (χ0v) is 8.78. The number of hydrogen-bond acceptors (Lipinski definition) is 3. The Hall–Kier alpha value is -1.38. The van der Waals surface area contributed by atoms with Crippen LogP contribution in [0.5, 0.6) is 5.75 Å². The molecular formula is C11H15NO2. The molecule has 0 saturated carbocycles. The minimum Gasteiger partial charge on any atom is -0.491 e. The molecule has 0 atom stereocenters. The predicted octanol–water partition coefficient (Wildman–Crippen LogP) is 2.92. The molecule has 76 valence electrons. The van der Waals surface area contributed by atoms with Crippen molar-refractivity contribution in [2.45, 2.75) is 26.3 Å². The first kappa shape index (κ1) is 10.7. The lowest BCUT2D eigenvalue weighted by Crippen LogP contribution is -2.25. The lowest BCUT2D eigenvalue weighted by molar-refractivity contribution is 0.242. The van der Waals surface area contributed by atoms with Gasteiger partial charge in [-0.2, -0.15) is 4.91 Å². The summed E-state index contributed by atoms with van der Waals surface area (Å²) in [5.41, 5.74) is 0.400. The van der Waals surface area contributed by atoms with E-state index in [1.54, 1.807) is 13.8 Å². The summed E-state index contributed by atoms with van der Waals surface area (Å²) in [6, 6.07) is 7.71. The maximum absolute atomic E-state index is 10.4. The van der Waals surface area contributed by atoms with E-state index in [1.807, 2.05) is 31.2 Å². The van der Waals surface area contributed by atoms with E-state index in [0.717, 1.165) is 11.3 Å². The topological polar surface area (TPSA) is 38.7 Å². The first-order valence-electron chi connectivity index (χ1n) is 4.58. The summed E-state index contributed by atoms with van der Waals surface area (Å²) < 4.78 is 5.50. The van der Waals surface area contributed by atoms with Crippen LogP contribution in [0.3, 0.4) is 0 Å². The molecule has 0 heterocycles. The number of benzene rings is 1. The van der Waals surface area contributed by atoms with Gasteiger partial charge in [0.05, 0.1) is 0 Å². The summed E-state index contributed by atoms with van der Waals surface area (Å²) >= 11 is 0. The lowest BCUT2D eigenvalue weighted by Gasteiger charge is -2.17. The molecule has 0 amide bonds. The lowest BCUT2D eigenvalue weighted by atomic mass is 10.1. The molecule has 0 aliphatic heterocycles. The highest BCUT2D eigenvalue weighted by Gasteiger charge is 2.19. The summed E-state index contributed by atoms with van der Waals surface area (Å²) in [6.07, 6.45) is 0. The van der Waals surface area contributed by atoms with E-state index in [0.29, 0.717) is 6.61 Å². The van der Waals surface area contributed by atoms with Gasteiger partial charge >= 0.3 is 0 Å². The molecule has 0 unspecified atom stereocenters. The average Bonchev–Trinajstić information content (AvgIpc) is 2.17. The SMILES string of the molecule is Cc1ccccc1OCC(C)(C)N=O. The molecule has 1 rings (SSSR count). The molecule has 3 heteroatoms. The summed E-state index contributed by atoms with van der Waals surface area (Å²) in [4.78, 5) is 10.4. The molecule has 14 heavy (non-hydrogen) atoms. The van der Waals surface area contributed by atoms with E-state index in [2.05, 4.69) is 5.18 Å². The molecule has 0 saturated heterocycles. The number of ether oxygens (including phenoxy) is 1. The van der Waals surface area contributed by atoms with Crippen LogP contribution < -0.4 is 4.74 Å². The molecule has 0 aliphatic carbocycles. The Kier molecular flexibility index (Phi) is 3.23. The first-order chi connectivity index (χ1) is 6.55. The molecule has 0 aliphatic rings. The van der Waals surface area contributed by atoms with Gasteiger partial charge in [-0.15, -0.1) is 0 Å². The predicted molar refractivity (Wildman–Crippen MR) is 56.5 cm³/mol. The third-order valence-electron chi connectivity index (χ3n) is 1.92. The van der Waals surface area contributed by atoms with Crippen molar-refractivity contribution in [3.05, 3.63) is 34.7 Å². The van der Waals surface area contributed by atoms with Crippen molar-refractivity contribution in [3.63, 3.8) is 0 Å². The number of nitroso groups, excluding NO2 is 1. The normalized spacial score (nSPS) is 11.1. The zero-order chi connectivity index (χ0) is 10.6. The highest BCUT2D eigenvalue weighted by molar-refractivity contribution is 5.31. The molecule has 0 fully saturated rings. The van der Waals surface area contributed by atoms with Gasteiger partial charge in [-0.3, -0.25) is 0 Å². The van der Waals surface area contributed by atoms with Crippen molar-refractivity contribution in [1.82, 2.24) is 0 Å². The Morgan fingerprint density at radius 2 is 2.00 bits per heavy atom. The van der Waals surface area contributed by atoms with Crippen molar-refractivity contribution in [1.29, 1.82) is 0 Å². The van der Waals surface area contributed by atoms with Crippen molar-refractivity contribution in [2.24, 2.45) is 5.18 Å². The van der Waals surface area contributed by atoms with Crippen LogP contribution in [0.2, 0.25) is 0 Å². The summed E-state index contributed by atoms with van der Waals surface area (Å²) in [6.45, 7) is 5.77. The van der Waals surface area contributed by atoms with E-state index in [-0.39, 0.29) is 0 Å². The second-order valence-corrected chi connectivity index (χ2v) is 3.96. The molecule has 0 spiro atoms. The van der Waals surface area contributed by atoms with Crippen LogP contribution in [-0.2, 0) is 0 Å². The second kappa shape index (κ2) is 4.22. The van der Waals surface area contributed by atoms with Gasteiger partial charge in [-0.1, -0.05) is 23.4 Å². The smallest absolute Gasteiger partial charge is 0.131 e. The van der Waals surface area contributed by atoms with Crippen LogP contribution in [0.4, 0.5) is 0 Å². The van der Waals surface area contributed by atoms with Crippen LogP contribution in [0, 0.1) is 11.8 Å². The van der Waals surface area contributed by atoms with Crippen LogP contribution in [0.25, 0.3) is 0 Å². The summed E-state index contributed by atoms with van der Waals surface area (Å²) in [7, 11) is 0. The summed E-state index contributed by atoms with van der Waals surface area (Å²) in [5, 5.41) is 2.99. The Morgan fingerprint density at radius 3 is 2.57 bits per heavy atom. The Bertz CT molecular complexity index is 321. The number of aryl methyl sites for hydroxylation is 1. The van der Waals surface area contributed by atoms with Gasteiger partial charge in [0.15, 0.2) is 0 Å². The highest BCUT2D eigenvalue weighted by Crippen LogP contribution is 2.18. The van der Waals surface area contributed by atoms with Gasteiger partial charge in [-0.25, -0.2) is 0 Å². The van der Waals surface area contributed by atoms with Crippen molar-refractivity contribution in [2.75, 3.05) is 6.61 Å². The van der Waals surface area contributed by atoms with Crippen LogP contribution in [0.1, 0.15) is 19.4 Å². The fourth-order valence-corrected chi connectivity index (χ4v) is 0.999. The Balaban J connectivity index is 2.62. The number of nitrogens with zero attached hydrogens (tertiary/aromatic N) is 1. The van der Waals surface area contributed by atoms with Crippen LogP contribution in [-0.4, -0.2) is 12.1 Å². The van der Waals surface area contributed by atoms with Crippen molar-refractivity contribution < 1.29 is 4.74 Å². The molecule has 0 radical (unpaired) electrons. The molecule has 1 aromatic carbocycles. The number of rotatable bonds is 4. The molecule has 0 bridgehead atoms. The van der Waals surface area contributed by atoms with Gasteiger partial charge < -0.3 is 4.74 Å². The quantitative estimate of drug-likeness (QED) is 0.689. The van der Waals surface area contributed by atoms with E-state index < -0.39 is 5.54 Å². The van der Waals surface area contributed by atoms with Gasteiger partial charge in [0, 0.05) is 0 Å². The molecule has 3 nitrogen and oxygen atoms in total. The standard InChI is InChI=1S/C11H15NO2/c1-9-6-4-5-7-10(9)14-8-11(2,3)12-13/h4-7H,8H2,1-3H3. The van der Waals surface area contributed by atoms with E-state index in [9.17, 15) is 4.91 Å². The largest absolute Gasteiger partial charge is 0.491 e. The fraction of sp³-hybridized carbons (Fsp3) is 0.455. The minimum absolute atomic E-state index is 0.307. The van der Waals surface area contributed by atoms with Gasteiger partial charge in [0.2, 0.25) is 0 Å². The average molecular weight is 193 g/mol. The number of hydrogen-bond donors (Lipinski definition) is 0. The monoisotopic (exact) mass is 193 g/mol. The minimum atomic E-state index is -0.664. The maximum Gasteiger partial charge on any atom is 0.131 e. The van der Waals surface area contributed by atoms with Gasteiger partial charge in [-0.05, 0) is 32.4 Å². The van der Waals surface area contributed by atoms with E-state index in [1.165, 1.54) is 0 Å². The first-order valence-corrected chi connectivity index (χ1v) is 4.58. The molecule has 0 aromatic heterocycles. The second-order valence-electron chi connectivity index (χ2n) is 3.96. The molecule has 1 aromatic rings. The highest BCUT2D eigenvalue weighted by atomic mass is 16.5. The summed E-state index contributed by atoms with van der Waals surface area (Å²) in [5.74, 6) is 0.809. The van der Waals surface area contributed by atoms with Crippen LogP contribution in [0.15, 0.2) is 29.4 Å². The molecular weight excluding hydrogens is 178 g/mol. The van der Waals surface area contributed by atoms with Crippen LogP contribution >= 0.6 is 0 Å². The third-order valence-corrected chi connectivity index (χ3v) is 1.92. The molecule has 0 N–H and O–H groups in total. The third kappa shape index (κ3) is 2.83. The Labute approximate surface area is 84.1 Å². The zero-order valence-electron chi connectivity index (χ0n) is 8.78. The van der Waals surface area contributed by atoms with Crippen molar-refractivity contribution >= 4 is 0 Å². The Morgan fingerprint density at radius 1 is 1.36 bits per heavy atom. The maximum atomic E-state index is 10.4. The van der Waals surface area contributed by atoms with Gasteiger partial charge in [0.1, 0.15) is 17.9 Å². The fourth-order valence-electron chi connectivity index (χ4n) is 0.999.